The molecule has 0 atom stereocenters. The van der Waals surface area contributed by atoms with E-state index in [0.717, 1.165) is 42.6 Å². The van der Waals surface area contributed by atoms with Gasteiger partial charge in [0.2, 0.25) is 0 Å². The van der Waals surface area contributed by atoms with Gasteiger partial charge in [0.25, 0.3) is 0 Å². The van der Waals surface area contributed by atoms with Gasteiger partial charge in [-0.25, -0.2) is 4.79 Å². The van der Waals surface area contributed by atoms with Crippen molar-refractivity contribution in [1.29, 1.82) is 0 Å². The van der Waals surface area contributed by atoms with E-state index in [0.29, 0.717) is 13.1 Å². The van der Waals surface area contributed by atoms with Crippen LogP contribution in [0.2, 0.25) is 0 Å². The van der Waals surface area contributed by atoms with Crippen molar-refractivity contribution in [3.05, 3.63) is 35.9 Å². The summed E-state index contributed by atoms with van der Waals surface area (Å²) in [6.45, 7) is 0.938. The van der Waals surface area contributed by atoms with Crippen molar-refractivity contribution in [3.8, 4) is 0 Å². The number of nitrogens with one attached hydrogen (secondary N) is 1. The topological polar surface area (TPSA) is 52.6 Å². The summed E-state index contributed by atoms with van der Waals surface area (Å²) in [4.78, 5) is 14.7. The number of aliphatic hydroxyl groups excluding tert-OH is 1. The number of hydrogen-bond acceptors (Lipinski definition) is 2. The molecule has 0 spiro atoms. The van der Waals surface area contributed by atoms with Crippen molar-refractivity contribution in [1.82, 2.24) is 10.2 Å². The van der Waals surface area contributed by atoms with Crippen molar-refractivity contribution in [2.24, 2.45) is 17.8 Å². The van der Waals surface area contributed by atoms with Gasteiger partial charge in [-0.05, 0) is 61.8 Å². The zero-order chi connectivity index (χ0) is 16.6. The van der Waals surface area contributed by atoms with E-state index < -0.39 is 0 Å². The summed E-state index contributed by atoms with van der Waals surface area (Å²) in [7, 11) is 0. The van der Waals surface area contributed by atoms with Gasteiger partial charge in [0, 0.05) is 18.6 Å². The van der Waals surface area contributed by atoms with Crippen LogP contribution >= 0.6 is 0 Å². The predicted molar refractivity (Wildman–Crippen MR) is 93.4 cm³/mol. The Bertz CT molecular complexity index is 551. The van der Waals surface area contributed by atoms with Gasteiger partial charge in [-0.2, -0.15) is 0 Å². The molecule has 0 aromatic heterocycles. The fourth-order valence-electron chi connectivity index (χ4n) is 5.75. The summed E-state index contributed by atoms with van der Waals surface area (Å²) < 4.78 is 0. The van der Waals surface area contributed by atoms with Gasteiger partial charge in [0.05, 0.1) is 6.61 Å². The molecule has 4 bridgehead atoms. The van der Waals surface area contributed by atoms with E-state index >= 15 is 0 Å². The smallest absolute Gasteiger partial charge is 0.318 e. The molecule has 0 heterocycles. The molecule has 0 radical (unpaired) electrons. The molecule has 0 saturated heterocycles. The summed E-state index contributed by atoms with van der Waals surface area (Å²) in [6.07, 6.45) is 7.59. The lowest BCUT2D eigenvalue weighted by atomic mass is 9.53. The third kappa shape index (κ3) is 3.16. The van der Waals surface area contributed by atoms with Gasteiger partial charge in [0.1, 0.15) is 0 Å². The molecule has 4 nitrogen and oxygen atoms in total. The Labute approximate surface area is 144 Å². The number of hydrogen-bond donors (Lipinski definition) is 2. The Morgan fingerprint density at radius 3 is 2.21 bits per heavy atom. The lowest BCUT2D eigenvalue weighted by Crippen LogP contribution is -2.61. The normalized spacial score (nSPS) is 33.5. The van der Waals surface area contributed by atoms with E-state index in [2.05, 4.69) is 5.32 Å². The molecule has 0 unspecified atom stereocenters. The lowest BCUT2D eigenvalue weighted by molar-refractivity contribution is -0.0160. The van der Waals surface area contributed by atoms with E-state index in [-0.39, 0.29) is 18.2 Å². The van der Waals surface area contributed by atoms with Gasteiger partial charge in [-0.3, -0.25) is 0 Å². The molecule has 130 valence electrons. The molecule has 24 heavy (non-hydrogen) atoms. The van der Waals surface area contributed by atoms with Crippen LogP contribution in [0.4, 0.5) is 4.79 Å². The first kappa shape index (κ1) is 15.9. The quantitative estimate of drug-likeness (QED) is 0.872. The van der Waals surface area contributed by atoms with E-state index in [1.165, 1.54) is 19.3 Å². The zero-order valence-corrected chi connectivity index (χ0v) is 14.3. The standard InChI is InChI=1S/C20H28N2O2/c23-7-6-22(14-15-4-2-1-3-5-15)19(24)21-20-11-16-8-17(12-20)10-18(9-16)13-20/h1-5,16-18,23H,6-14H2,(H,21,24). The van der Waals surface area contributed by atoms with Gasteiger partial charge in [0.15, 0.2) is 0 Å². The fraction of sp³-hybridized carbons (Fsp3) is 0.650. The maximum Gasteiger partial charge on any atom is 0.318 e. The molecule has 4 heteroatoms. The average Bonchev–Trinajstić information content (AvgIpc) is 2.53. The summed E-state index contributed by atoms with van der Waals surface area (Å²) in [6, 6.07) is 10.0. The highest BCUT2D eigenvalue weighted by atomic mass is 16.3. The zero-order valence-electron chi connectivity index (χ0n) is 14.3. The molecular formula is C20H28N2O2. The molecule has 4 saturated carbocycles. The number of benzene rings is 1. The molecule has 4 fully saturated rings. The molecule has 1 aromatic rings. The SMILES string of the molecule is O=C(NC12CC3CC(CC(C3)C1)C2)N(CCO)Cc1ccccc1. The average molecular weight is 328 g/mol. The Kier molecular flexibility index (Phi) is 4.25. The van der Waals surface area contributed by atoms with E-state index in [1.54, 1.807) is 4.90 Å². The first-order valence-corrected chi connectivity index (χ1v) is 9.38. The summed E-state index contributed by atoms with van der Waals surface area (Å²) in [5, 5.41) is 12.8. The molecule has 4 aliphatic rings. The highest BCUT2D eigenvalue weighted by Gasteiger charge is 2.51. The fourth-order valence-corrected chi connectivity index (χ4v) is 5.75. The highest BCUT2D eigenvalue weighted by Crippen LogP contribution is 2.55. The maximum absolute atomic E-state index is 12.9. The van der Waals surface area contributed by atoms with Gasteiger partial charge in [-0.1, -0.05) is 30.3 Å². The van der Waals surface area contributed by atoms with Crippen LogP contribution < -0.4 is 5.32 Å². The number of carbonyl (C=O) groups is 1. The molecular weight excluding hydrogens is 300 g/mol. The van der Waals surface area contributed by atoms with Gasteiger partial charge < -0.3 is 15.3 Å². The molecule has 1 aromatic carbocycles. The predicted octanol–water partition coefficient (Wildman–Crippen LogP) is 3.16. The second-order valence-corrected chi connectivity index (χ2v) is 8.26. The number of nitrogens with zero attached hydrogens (tertiary/aromatic N) is 1. The van der Waals surface area contributed by atoms with Crippen molar-refractivity contribution in [3.63, 3.8) is 0 Å². The number of aliphatic hydroxyl groups is 1. The number of rotatable bonds is 5. The van der Waals surface area contributed by atoms with Crippen LogP contribution in [0.3, 0.4) is 0 Å². The van der Waals surface area contributed by atoms with Crippen molar-refractivity contribution in [2.45, 2.75) is 50.6 Å². The number of urea groups is 1. The van der Waals surface area contributed by atoms with Gasteiger partial charge in [-0.15, -0.1) is 0 Å². The van der Waals surface area contributed by atoms with Crippen molar-refractivity contribution in [2.75, 3.05) is 13.2 Å². The first-order valence-electron chi connectivity index (χ1n) is 9.38. The molecule has 4 aliphatic carbocycles. The molecule has 0 aliphatic heterocycles. The Balaban J connectivity index is 1.45. The molecule has 5 rings (SSSR count). The number of carbonyl (C=O) groups excluding carboxylic acids is 1. The largest absolute Gasteiger partial charge is 0.395 e. The Morgan fingerprint density at radius 2 is 1.67 bits per heavy atom. The maximum atomic E-state index is 12.9. The summed E-state index contributed by atoms with van der Waals surface area (Å²) in [5.74, 6) is 2.45. The van der Waals surface area contributed by atoms with Crippen LogP contribution in [0.5, 0.6) is 0 Å². The second kappa shape index (κ2) is 6.40. The van der Waals surface area contributed by atoms with Crippen LogP contribution in [0.25, 0.3) is 0 Å². The van der Waals surface area contributed by atoms with Crippen LogP contribution in [0.1, 0.15) is 44.1 Å². The number of amides is 2. The van der Waals surface area contributed by atoms with Crippen LogP contribution in [-0.4, -0.2) is 34.7 Å². The monoisotopic (exact) mass is 328 g/mol. The van der Waals surface area contributed by atoms with Crippen LogP contribution in [-0.2, 0) is 6.54 Å². The van der Waals surface area contributed by atoms with E-state index in [4.69, 9.17) is 0 Å². The highest BCUT2D eigenvalue weighted by molar-refractivity contribution is 5.75. The van der Waals surface area contributed by atoms with E-state index in [1.807, 2.05) is 30.3 Å². The molecule has 2 amide bonds. The Morgan fingerprint density at radius 1 is 1.08 bits per heavy atom. The third-order valence-electron chi connectivity index (χ3n) is 6.28. The first-order chi connectivity index (χ1) is 11.7. The van der Waals surface area contributed by atoms with Gasteiger partial charge >= 0.3 is 6.03 Å². The minimum absolute atomic E-state index is 0.00112. The minimum Gasteiger partial charge on any atom is -0.395 e. The van der Waals surface area contributed by atoms with Crippen LogP contribution in [0.15, 0.2) is 30.3 Å². The lowest BCUT2D eigenvalue weighted by Gasteiger charge is -2.57. The second-order valence-electron chi connectivity index (χ2n) is 8.26. The summed E-state index contributed by atoms with van der Waals surface area (Å²) >= 11 is 0. The molecule has 2 N–H and O–H groups in total. The van der Waals surface area contributed by atoms with E-state index in [9.17, 15) is 9.90 Å². The Hall–Kier alpha value is -1.55. The third-order valence-corrected chi connectivity index (χ3v) is 6.28. The minimum atomic E-state index is -0.00477. The van der Waals surface area contributed by atoms with Crippen molar-refractivity contribution >= 4 is 6.03 Å². The van der Waals surface area contributed by atoms with Crippen molar-refractivity contribution < 1.29 is 9.90 Å². The van der Waals surface area contributed by atoms with Crippen LogP contribution in [0, 0.1) is 17.8 Å². The summed E-state index contributed by atoms with van der Waals surface area (Å²) in [5.41, 5.74) is 1.13.